The van der Waals surface area contributed by atoms with Crippen LogP contribution in [0.15, 0.2) is 4.52 Å². The van der Waals surface area contributed by atoms with Gasteiger partial charge >= 0.3 is 6.09 Å². The monoisotopic (exact) mass is 308 g/mol. The van der Waals surface area contributed by atoms with Crippen LogP contribution < -0.4 is 0 Å². The summed E-state index contributed by atoms with van der Waals surface area (Å²) in [4.78, 5) is 20.0. The van der Waals surface area contributed by atoms with E-state index in [1.807, 2.05) is 20.8 Å². The fourth-order valence-electron chi connectivity index (χ4n) is 3.15. The molecule has 0 bridgehead atoms. The van der Waals surface area contributed by atoms with Gasteiger partial charge in [-0.3, -0.25) is 4.90 Å². The second-order valence-corrected chi connectivity index (χ2v) is 7.49. The van der Waals surface area contributed by atoms with Gasteiger partial charge in [-0.15, -0.1) is 0 Å². The third kappa shape index (κ3) is 2.95. The van der Waals surface area contributed by atoms with Crippen LogP contribution in [0.3, 0.4) is 0 Å². The summed E-state index contributed by atoms with van der Waals surface area (Å²) < 4.78 is 11.0. The minimum atomic E-state index is -0.374. The van der Waals surface area contributed by atoms with Gasteiger partial charge in [0.05, 0.1) is 13.1 Å². The molecule has 2 fully saturated rings. The average molecular weight is 308 g/mol. The highest BCUT2D eigenvalue weighted by molar-refractivity contribution is 5.70. The number of likely N-dealkylation sites (tertiary alicyclic amines) is 1. The van der Waals surface area contributed by atoms with Gasteiger partial charge in [-0.25, -0.2) is 4.79 Å². The summed E-state index contributed by atoms with van der Waals surface area (Å²) in [5, 5.41) is 4.08. The van der Waals surface area contributed by atoms with Crippen LogP contribution in [0.25, 0.3) is 0 Å². The summed E-state index contributed by atoms with van der Waals surface area (Å²) >= 11 is 0. The number of hydrogen-bond donors (Lipinski definition) is 0. The number of carbonyl (C=O) groups is 1. The van der Waals surface area contributed by atoms with Crippen LogP contribution in [0.1, 0.15) is 45.3 Å². The van der Waals surface area contributed by atoms with Crippen molar-refractivity contribution in [1.82, 2.24) is 19.9 Å². The van der Waals surface area contributed by atoms with E-state index in [1.165, 1.54) is 0 Å². The van der Waals surface area contributed by atoms with E-state index in [4.69, 9.17) is 9.26 Å². The Morgan fingerprint density at radius 3 is 2.68 bits per heavy atom. The van der Waals surface area contributed by atoms with Gasteiger partial charge in [0.1, 0.15) is 5.60 Å². The van der Waals surface area contributed by atoms with Crippen LogP contribution in [0.2, 0.25) is 0 Å². The Kier molecular flexibility index (Phi) is 3.63. The first-order valence-corrected chi connectivity index (χ1v) is 7.77. The van der Waals surface area contributed by atoms with Crippen molar-refractivity contribution in [3.8, 4) is 0 Å². The third-order valence-corrected chi connectivity index (χ3v) is 4.23. The lowest BCUT2D eigenvalue weighted by Crippen LogP contribution is -2.50. The van der Waals surface area contributed by atoms with E-state index < -0.39 is 0 Å². The summed E-state index contributed by atoms with van der Waals surface area (Å²) in [6.07, 6.45) is 1.70. The third-order valence-electron chi connectivity index (χ3n) is 4.23. The Morgan fingerprint density at radius 2 is 2.09 bits per heavy atom. The summed E-state index contributed by atoms with van der Waals surface area (Å²) in [7, 11) is 1.78. The van der Waals surface area contributed by atoms with Crippen molar-refractivity contribution in [3.05, 3.63) is 11.7 Å². The molecule has 0 radical (unpaired) electrons. The minimum absolute atomic E-state index is 0.141. The molecule has 2 saturated heterocycles. The second-order valence-electron chi connectivity index (χ2n) is 7.49. The molecule has 7 nitrogen and oxygen atoms in total. The predicted octanol–water partition coefficient (Wildman–Crippen LogP) is 1.78. The number of rotatable bonds is 2. The highest BCUT2D eigenvalue weighted by atomic mass is 16.6. The van der Waals surface area contributed by atoms with E-state index in [2.05, 4.69) is 15.0 Å². The van der Waals surface area contributed by atoms with Crippen molar-refractivity contribution in [2.24, 2.45) is 0 Å². The van der Waals surface area contributed by atoms with Crippen molar-refractivity contribution >= 4 is 6.09 Å². The van der Waals surface area contributed by atoms with Gasteiger partial charge in [-0.05, 0) is 19.4 Å². The van der Waals surface area contributed by atoms with Gasteiger partial charge in [0.2, 0.25) is 5.89 Å². The molecule has 2 aliphatic heterocycles. The van der Waals surface area contributed by atoms with Crippen LogP contribution in [0.5, 0.6) is 0 Å². The summed E-state index contributed by atoms with van der Waals surface area (Å²) in [6, 6.07) is 0. The molecule has 1 atom stereocenters. The van der Waals surface area contributed by atoms with E-state index in [1.54, 1.807) is 11.9 Å². The lowest BCUT2D eigenvalue weighted by Gasteiger charge is -2.37. The van der Waals surface area contributed by atoms with Crippen molar-refractivity contribution in [3.63, 3.8) is 0 Å². The smallest absolute Gasteiger partial charge is 0.410 e. The van der Waals surface area contributed by atoms with Crippen LogP contribution in [-0.2, 0) is 16.7 Å². The maximum atomic E-state index is 11.7. The molecule has 3 heterocycles. The minimum Gasteiger partial charge on any atom is -0.440 e. The molecule has 1 aromatic heterocycles. The second kappa shape index (κ2) is 5.22. The molecule has 1 amide bonds. The van der Waals surface area contributed by atoms with Crippen molar-refractivity contribution < 1.29 is 14.1 Å². The molecular weight excluding hydrogens is 284 g/mol. The fraction of sp³-hybridized carbons (Fsp3) is 0.800. The number of ether oxygens (including phenoxy) is 1. The Balaban J connectivity index is 1.66. The zero-order valence-corrected chi connectivity index (χ0v) is 13.8. The van der Waals surface area contributed by atoms with E-state index >= 15 is 0 Å². The van der Waals surface area contributed by atoms with Crippen molar-refractivity contribution in [1.29, 1.82) is 0 Å². The van der Waals surface area contributed by atoms with E-state index in [-0.39, 0.29) is 17.1 Å². The van der Waals surface area contributed by atoms with Crippen molar-refractivity contribution in [2.45, 2.75) is 51.2 Å². The first kappa shape index (κ1) is 15.3. The summed E-state index contributed by atoms with van der Waals surface area (Å²) in [5.74, 6) is 1.35. The van der Waals surface area contributed by atoms with Gasteiger partial charge in [0, 0.05) is 19.0 Å². The SMILES string of the molecule is CN1C[C@@]2(CCCN(Cc3noc(C(C)(C)C)n3)C2)OC1=O. The number of hydrogen-bond acceptors (Lipinski definition) is 6. The number of likely N-dealkylation sites (N-methyl/N-ethyl adjacent to an activating group) is 1. The normalized spacial score (nSPS) is 26.7. The topological polar surface area (TPSA) is 71.7 Å². The zero-order chi connectivity index (χ0) is 16.0. The summed E-state index contributed by atoms with van der Waals surface area (Å²) in [6.45, 7) is 9.12. The van der Waals surface area contributed by atoms with Crippen LogP contribution >= 0.6 is 0 Å². The molecule has 0 saturated carbocycles. The maximum absolute atomic E-state index is 11.7. The highest BCUT2D eigenvalue weighted by Crippen LogP contribution is 2.32. The molecule has 3 rings (SSSR count). The number of aromatic nitrogens is 2. The van der Waals surface area contributed by atoms with Crippen LogP contribution in [-0.4, -0.2) is 58.3 Å². The first-order valence-electron chi connectivity index (χ1n) is 7.77. The quantitative estimate of drug-likeness (QED) is 0.829. The standard InChI is InChI=1S/C15H24N4O3/c1-14(2,3)12-16-11(17-22-12)8-19-7-5-6-15(10-19)9-18(4)13(20)21-15/h5-10H2,1-4H3/t15-/m1/s1. The molecule has 0 unspecified atom stereocenters. The Hall–Kier alpha value is -1.63. The molecule has 122 valence electrons. The molecule has 22 heavy (non-hydrogen) atoms. The van der Waals surface area contributed by atoms with E-state index in [0.29, 0.717) is 24.8 Å². The number of amides is 1. The molecular formula is C15H24N4O3. The maximum Gasteiger partial charge on any atom is 0.410 e. The Labute approximate surface area is 130 Å². The fourth-order valence-corrected chi connectivity index (χ4v) is 3.15. The molecule has 1 aromatic rings. The lowest BCUT2D eigenvalue weighted by molar-refractivity contribution is -0.0122. The number of carbonyl (C=O) groups excluding carboxylic acids is 1. The van der Waals surface area contributed by atoms with Crippen molar-refractivity contribution in [2.75, 3.05) is 26.7 Å². The van der Waals surface area contributed by atoms with Gasteiger partial charge < -0.3 is 14.2 Å². The largest absolute Gasteiger partial charge is 0.440 e. The van der Waals surface area contributed by atoms with Crippen LogP contribution in [0.4, 0.5) is 4.79 Å². The summed E-state index contributed by atoms with van der Waals surface area (Å²) in [5.41, 5.74) is -0.515. The predicted molar refractivity (Wildman–Crippen MR) is 79.4 cm³/mol. The van der Waals surface area contributed by atoms with E-state index in [9.17, 15) is 4.79 Å². The molecule has 2 aliphatic rings. The molecule has 0 aromatic carbocycles. The van der Waals surface area contributed by atoms with Gasteiger partial charge in [-0.2, -0.15) is 4.98 Å². The Bertz CT molecular complexity index is 565. The highest BCUT2D eigenvalue weighted by Gasteiger charge is 2.46. The molecule has 0 aliphatic carbocycles. The first-order chi connectivity index (χ1) is 10.3. The number of piperidine rings is 1. The number of nitrogens with zero attached hydrogens (tertiary/aromatic N) is 4. The van der Waals surface area contributed by atoms with Crippen LogP contribution in [0, 0.1) is 0 Å². The Morgan fingerprint density at radius 1 is 1.32 bits per heavy atom. The molecule has 7 heteroatoms. The van der Waals surface area contributed by atoms with Gasteiger partial charge in [0.15, 0.2) is 5.82 Å². The molecule has 1 spiro atoms. The lowest BCUT2D eigenvalue weighted by atomic mass is 9.93. The van der Waals surface area contributed by atoms with E-state index in [0.717, 1.165) is 25.9 Å². The molecule has 0 N–H and O–H groups in total. The van der Waals surface area contributed by atoms with Gasteiger partial charge in [-0.1, -0.05) is 25.9 Å². The average Bonchev–Trinajstić information content (AvgIpc) is 2.96. The zero-order valence-electron chi connectivity index (χ0n) is 13.8. The van der Waals surface area contributed by atoms with Gasteiger partial charge in [0.25, 0.3) is 0 Å².